The Bertz CT molecular complexity index is 275. The minimum Gasteiger partial charge on any atom is -0.494 e. The Morgan fingerprint density at radius 2 is 2.11 bits per heavy atom. The summed E-state index contributed by atoms with van der Waals surface area (Å²) in [6.07, 6.45) is 1.90. The molecule has 0 amide bonds. The number of allylic oxidation sites excluding steroid dienone is 1. The molecule has 1 atom stereocenters. The van der Waals surface area contributed by atoms with Crippen LogP contribution in [0, 0.1) is 0 Å². The highest BCUT2D eigenvalue weighted by molar-refractivity contribution is 5.07. The van der Waals surface area contributed by atoms with Crippen molar-refractivity contribution in [3.05, 3.63) is 24.1 Å². The minimum absolute atomic E-state index is 0.0210. The van der Waals surface area contributed by atoms with Gasteiger partial charge in [-0.15, -0.1) is 0 Å². The van der Waals surface area contributed by atoms with Gasteiger partial charge in [0.2, 0.25) is 0 Å². The van der Waals surface area contributed by atoms with Crippen LogP contribution in [-0.4, -0.2) is 44.2 Å². The van der Waals surface area contributed by atoms with E-state index in [-0.39, 0.29) is 6.61 Å². The first-order chi connectivity index (χ1) is 8.52. The van der Waals surface area contributed by atoms with Crippen molar-refractivity contribution in [1.82, 2.24) is 10.6 Å². The number of hydrogen-bond acceptors (Lipinski definition) is 5. The molecule has 0 aliphatic rings. The summed E-state index contributed by atoms with van der Waals surface area (Å²) in [6, 6.07) is 0. The lowest BCUT2D eigenvalue weighted by atomic mass is 10.1. The smallest absolute Gasteiger partial charge is 0.193 e. The minimum atomic E-state index is -0.843. The molecule has 0 fully saturated rings. The number of nitrogens with one attached hydrogen (secondary N) is 2. The van der Waals surface area contributed by atoms with Crippen LogP contribution in [0.2, 0.25) is 0 Å². The molecule has 0 aromatic heterocycles. The lowest BCUT2D eigenvalue weighted by molar-refractivity contribution is -0.0487. The molecule has 0 aromatic rings. The van der Waals surface area contributed by atoms with Gasteiger partial charge in [-0.1, -0.05) is 12.2 Å². The number of methoxy groups -OCH3 is 1. The van der Waals surface area contributed by atoms with Gasteiger partial charge in [-0.3, -0.25) is 5.32 Å². The Kier molecular flexibility index (Phi) is 8.45. The number of aliphatic hydroxyl groups is 1. The second-order valence-electron chi connectivity index (χ2n) is 4.14. The molecule has 0 rings (SSSR count). The van der Waals surface area contributed by atoms with Gasteiger partial charge in [0.15, 0.2) is 5.72 Å². The maximum Gasteiger partial charge on any atom is 0.193 e. The van der Waals surface area contributed by atoms with E-state index in [4.69, 9.17) is 14.6 Å². The van der Waals surface area contributed by atoms with Crippen molar-refractivity contribution >= 4 is 0 Å². The zero-order valence-corrected chi connectivity index (χ0v) is 11.9. The van der Waals surface area contributed by atoms with Gasteiger partial charge in [0, 0.05) is 13.7 Å². The molecule has 0 bridgehead atoms. The maximum absolute atomic E-state index is 8.93. The van der Waals surface area contributed by atoms with Gasteiger partial charge in [-0.25, -0.2) is 0 Å². The van der Waals surface area contributed by atoms with Crippen LogP contribution in [0.4, 0.5) is 0 Å². The molecule has 0 radical (unpaired) electrons. The third kappa shape index (κ3) is 5.53. The van der Waals surface area contributed by atoms with Crippen LogP contribution in [-0.2, 0) is 9.47 Å². The second-order valence-corrected chi connectivity index (χ2v) is 4.14. The van der Waals surface area contributed by atoms with Crippen molar-refractivity contribution in [3.63, 3.8) is 0 Å². The van der Waals surface area contributed by atoms with Crippen LogP contribution in [0.5, 0.6) is 0 Å². The molecule has 0 saturated carbocycles. The van der Waals surface area contributed by atoms with E-state index in [1.54, 1.807) is 7.11 Å². The molecule has 0 aliphatic carbocycles. The first-order valence-electron chi connectivity index (χ1n) is 6.12. The summed E-state index contributed by atoms with van der Waals surface area (Å²) in [7, 11) is 1.58. The van der Waals surface area contributed by atoms with Crippen molar-refractivity contribution in [1.29, 1.82) is 0 Å². The summed E-state index contributed by atoms with van der Waals surface area (Å²) in [5.41, 5.74) is 0.314. The van der Waals surface area contributed by atoms with E-state index in [9.17, 15) is 0 Å². The van der Waals surface area contributed by atoms with Crippen LogP contribution in [0.3, 0.4) is 0 Å². The third-order valence-electron chi connectivity index (χ3n) is 2.38. The standard InChI is InChI=1S/C13H26N2O3/c1-6-18-12(4)13(17-5,15-7-8-16)10-14-9-11(2)3/h9,14-16H,4,6-8,10H2,1-3,5H3. The van der Waals surface area contributed by atoms with Crippen molar-refractivity contribution in [3.8, 4) is 0 Å². The van der Waals surface area contributed by atoms with Gasteiger partial charge in [-0.2, -0.15) is 0 Å². The lowest BCUT2D eigenvalue weighted by Gasteiger charge is -2.34. The average molecular weight is 258 g/mol. The fraction of sp³-hybridized carbons (Fsp3) is 0.692. The Labute approximate surface area is 110 Å². The molecule has 18 heavy (non-hydrogen) atoms. The van der Waals surface area contributed by atoms with Gasteiger partial charge in [0.25, 0.3) is 0 Å². The second kappa shape index (κ2) is 8.97. The summed E-state index contributed by atoms with van der Waals surface area (Å²) in [5, 5.41) is 15.2. The van der Waals surface area contributed by atoms with Crippen molar-refractivity contribution in [2.75, 3.05) is 33.4 Å². The number of hydrogen-bond donors (Lipinski definition) is 3. The first-order valence-corrected chi connectivity index (χ1v) is 6.12. The molecule has 0 saturated heterocycles. The molecule has 3 N–H and O–H groups in total. The fourth-order valence-corrected chi connectivity index (χ4v) is 1.47. The topological polar surface area (TPSA) is 62.8 Å². The zero-order chi connectivity index (χ0) is 14.0. The number of ether oxygens (including phenoxy) is 2. The summed E-state index contributed by atoms with van der Waals surface area (Å²) in [4.78, 5) is 0. The van der Waals surface area contributed by atoms with Crippen molar-refractivity contribution in [2.24, 2.45) is 0 Å². The summed E-state index contributed by atoms with van der Waals surface area (Å²) in [5.74, 6) is 0.496. The van der Waals surface area contributed by atoms with Gasteiger partial charge in [0.1, 0.15) is 5.76 Å². The van der Waals surface area contributed by atoms with Gasteiger partial charge in [0.05, 0.1) is 19.8 Å². The summed E-state index contributed by atoms with van der Waals surface area (Å²) < 4.78 is 10.9. The highest BCUT2D eigenvalue weighted by Crippen LogP contribution is 2.17. The largest absolute Gasteiger partial charge is 0.494 e. The molecule has 5 nitrogen and oxygen atoms in total. The highest BCUT2D eigenvalue weighted by Gasteiger charge is 2.33. The zero-order valence-electron chi connectivity index (χ0n) is 11.9. The predicted molar refractivity (Wildman–Crippen MR) is 73.0 cm³/mol. The maximum atomic E-state index is 8.93. The summed E-state index contributed by atoms with van der Waals surface area (Å²) >= 11 is 0. The summed E-state index contributed by atoms with van der Waals surface area (Å²) in [6.45, 7) is 11.2. The van der Waals surface area contributed by atoms with Crippen molar-refractivity contribution < 1.29 is 14.6 Å². The van der Waals surface area contributed by atoms with Crippen molar-refractivity contribution in [2.45, 2.75) is 26.5 Å². The van der Waals surface area contributed by atoms with Crippen LogP contribution in [0.25, 0.3) is 0 Å². The van der Waals surface area contributed by atoms with Crippen LogP contribution < -0.4 is 10.6 Å². The highest BCUT2D eigenvalue weighted by atomic mass is 16.5. The van der Waals surface area contributed by atoms with Gasteiger partial charge in [-0.05, 0) is 27.0 Å². The molecular weight excluding hydrogens is 232 g/mol. The third-order valence-corrected chi connectivity index (χ3v) is 2.38. The molecule has 0 spiro atoms. The normalized spacial score (nSPS) is 13.6. The molecule has 106 valence electrons. The monoisotopic (exact) mass is 258 g/mol. The molecule has 0 heterocycles. The van der Waals surface area contributed by atoms with E-state index in [1.807, 2.05) is 27.0 Å². The fourth-order valence-electron chi connectivity index (χ4n) is 1.47. The molecule has 0 aromatic carbocycles. The first kappa shape index (κ1) is 17.0. The Balaban J connectivity index is 4.74. The molecular formula is C13H26N2O3. The van der Waals surface area contributed by atoms with E-state index in [0.29, 0.717) is 25.5 Å². The van der Waals surface area contributed by atoms with E-state index in [2.05, 4.69) is 17.2 Å². The average Bonchev–Trinajstić information content (AvgIpc) is 2.33. The number of aliphatic hydroxyl groups excluding tert-OH is 1. The Morgan fingerprint density at radius 1 is 1.44 bits per heavy atom. The van der Waals surface area contributed by atoms with Gasteiger partial charge < -0.3 is 19.9 Å². The molecule has 0 aliphatic heterocycles. The molecule has 1 unspecified atom stereocenters. The van der Waals surface area contributed by atoms with E-state index >= 15 is 0 Å². The Hall–Kier alpha value is -1.04. The van der Waals surface area contributed by atoms with E-state index in [1.165, 1.54) is 0 Å². The quantitative estimate of drug-likeness (QED) is 0.403. The number of rotatable bonds is 10. The lowest BCUT2D eigenvalue weighted by Crippen LogP contribution is -2.56. The van der Waals surface area contributed by atoms with Crippen LogP contribution in [0.1, 0.15) is 20.8 Å². The predicted octanol–water partition coefficient (Wildman–Crippen LogP) is 0.974. The SMILES string of the molecule is C=C(OCC)C(CNC=C(C)C)(NCCO)OC. The molecule has 5 heteroatoms. The van der Waals surface area contributed by atoms with Crippen LogP contribution >= 0.6 is 0 Å². The van der Waals surface area contributed by atoms with Gasteiger partial charge >= 0.3 is 0 Å². The van der Waals surface area contributed by atoms with E-state index in [0.717, 1.165) is 5.57 Å². The van der Waals surface area contributed by atoms with E-state index < -0.39 is 5.72 Å². The van der Waals surface area contributed by atoms with Crippen LogP contribution in [0.15, 0.2) is 24.1 Å². The Morgan fingerprint density at radius 3 is 2.56 bits per heavy atom.